The summed E-state index contributed by atoms with van der Waals surface area (Å²) in [6.07, 6.45) is -0.133. The number of aliphatic hydroxyl groups excluding tert-OH is 1. The van der Waals surface area contributed by atoms with Crippen LogP contribution in [0.1, 0.15) is 25.0 Å². The molecule has 5 heteroatoms. The summed E-state index contributed by atoms with van der Waals surface area (Å²) >= 11 is 0. The first-order valence-electron chi connectivity index (χ1n) is 7.00. The van der Waals surface area contributed by atoms with Crippen LogP contribution in [-0.4, -0.2) is 42.9 Å². The Bertz CT molecular complexity index is 424. The second kappa shape index (κ2) is 7.38. The minimum absolute atomic E-state index is 0.0411. The van der Waals surface area contributed by atoms with Crippen LogP contribution in [0.5, 0.6) is 0 Å². The highest BCUT2D eigenvalue weighted by Crippen LogP contribution is 2.15. The summed E-state index contributed by atoms with van der Waals surface area (Å²) in [5, 5.41) is 15.8. The van der Waals surface area contributed by atoms with Crippen molar-refractivity contribution in [2.24, 2.45) is 0 Å². The van der Waals surface area contributed by atoms with Gasteiger partial charge in [0.1, 0.15) is 0 Å². The summed E-state index contributed by atoms with van der Waals surface area (Å²) in [6, 6.07) is 10.0. The Kier molecular flexibility index (Phi) is 5.52. The average Bonchev–Trinajstić information content (AvgIpc) is 2.89. The molecule has 3 atom stereocenters. The van der Waals surface area contributed by atoms with E-state index in [1.54, 1.807) is 0 Å². The summed E-state index contributed by atoms with van der Waals surface area (Å²) in [5.74, 6) is 0.0611. The first-order chi connectivity index (χ1) is 9.65. The van der Waals surface area contributed by atoms with E-state index in [1.807, 2.05) is 37.3 Å². The SMILES string of the molecule is CC(OCC(O)CNC1CNC(=O)C1)c1ccccc1. The average molecular weight is 278 g/mol. The van der Waals surface area contributed by atoms with Crippen LogP contribution in [0.15, 0.2) is 30.3 Å². The maximum Gasteiger partial charge on any atom is 0.221 e. The van der Waals surface area contributed by atoms with E-state index < -0.39 is 6.10 Å². The van der Waals surface area contributed by atoms with E-state index in [0.29, 0.717) is 19.5 Å². The van der Waals surface area contributed by atoms with Gasteiger partial charge in [-0.2, -0.15) is 0 Å². The van der Waals surface area contributed by atoms with Gasteiger partial charge in [-0.15, -0.1) is 0 Å². The summed E-state index contributed by atoms with van der Waals surface area (Å²) in [4.78, 5) is 11.0. The molecule has 0 saturated carbocycles. The van der Waals surface area contributed by atoms with Gasteiger partial charge in [-0.25, -0.2) is 0 Å². The zero-order chi connectivity index (χ0) is 14.4. The summed E-state index contributed by atoms with van der Waals surface area (Å²) in [6.45, 7) is 3.31. The molecule has 0 aromatic heterocycles. The molecule has 1 heterocycles. The lowest BCUT2D eigenvalue weighted by Crippen LogP contribution is -2.38. The molecular formula is C15H22N2O3. The predicted octanol–water partition coefficient (Wildman–Crippen LogP) is 0.603. The maximum absolute atomic E-state index is 11.0. The number of hydrogen-bond donors (Lipinski definition) is 3. The smallest absolute Gasteiger partial charge is 0.221 e. The van der Waals surface area contributed by atoms with Crippen molar-refractivity contribution < 1.29 is 14.6 Å². The van der Waals surface area contributed by atoms with Crippen molar-refractivity contribution in [2.45, 2.75) is 31.6 Å². The molecule has 1 aromatic carbocycles. The lowest BCUT2D eigenvalue weighted by Gasteiger charge is -2.18. The fourth-order valence-corrected chi connectivity index (χ4v) is 2.19. The molecular weight excluding hydrogens is 256 g/mol. The van der Waals surface area contributed by atoms with E-state index in [9.17, 15) is 9.90 Å². The second-order valence-electron chi connectivity index (χ2n) is 5.15. The largest absolute Gasteiger partial charge is 0.389 e. The number of ether oxygens (including phenoxy) is 1. The quantitative estimate of drug-likeness (QED) is 0.683. The number of amides is 1. The summed E-state index contributed by atoms with van der Waals surface area (Å²) in [5.41, 5.74) is 1.10. The first-order valence-corrected chi connectivity index (χ1v) is 7.00. The molecule has 5 nitrogen and oxygen atoms in total. The molecule has 1 fully saturated rings. The van der Waals surface area contributed by atoms with Gasteiger partial charge in [-0.3, -0.25) is 4.79 Å². The van der Waals surface area contributed by atoms with Crippen molar-refractivity contribution in [3.05, 3.63) is 35.9 Å². The van der Waals surface area contributed by atoms with Crippen LogP contribution in [0.3, 0.4) is 0 Å². The molecule has 3 unspecified atom stereocenters. The maximum atomic E-state index is 11.0. The highest BCUT2D eigenvalue weighted by Gasteiger charge is 2.21. The van der Waals surface area contributed by atoms with Gasteiger partial charge in [0.15, 0.2) is 0 Å². The van der Waals surface area contributed by atoms with Gasteiger partial charge < -0.3 is 20.5 Å². The standard InChI is InChI=1S/C15H22N2O3/c1-11(12-5-3-2-4-6-12)20-10-14(18)9-16-13-7-15(19)17-8-13/h2-6,11,13-14,16,18H,7-10H2,1H3,(H,17,19). The van der Waals surface area contributed by atoms with Crippen LogP contribution in [0, 0.1) is 0 Å². The van der Waals surface area contributed by atoms with E-state index in [-0.39, 0.29) is 24.7 Å². The number of carbonyl (C=O) groups is 1. The minimum atomic E-state index is -0.572. The molecule has 2 rings (SSSR count). The molecule has 0 radical (unpaired) electrons. The van der Waals surface area contributed by atoms with Crippen LogP contribution in [0.4, 0.5) is 0 Å². The molecule has 20 heavy (non-hydrogen) atoms. The zero-order valence-electron chi connectivity index (χ0n) is 11.7. The Morgan fingerprint density at radius 2 is 2.20 bits per heavy atom. The third-order valence-electron chi connectivity index (χ3n) is 3.43. The van der Waals surface area contributed by atoms with Crippen LogP contribution in [0.25, 0.3) is 0 Å². The zero-order valence-corrected chi connectivity index (χ0v) is 11.7. The van der Waals surface area contributed by atoms with Crippen molar-refractivity contribution in [3.8, 4) is 0 Å². The van der Waals surface area contributed by atoms with Crippen LogP contribution < -0.4 is 10.6 Å². The Labute approximate surface area is 119 Å². The molecule has 3 N–H and O–H groups in total. The molecule has 1 saturated heterocycles. The van der Waals surface area contributed by atoms with Crippen LogP contribution in [0.2, 0.25) is 0 Å². The van der Waals surface area contributed by atoms with Gasteiger partial charge in [0.05, 0.1) is 18.8 Å². The Morgan fingerprint density at radius 1 is 1.45 bits per heavy atom. The predicted molar refractivity (Wildman–Crippen MR) is 76.2 cm³/mol. The molecule has 1 aromatic rings. The summed E-state index contributed by atoms with van der Waals surface area (Å²) in [7, 11) is 0. The molecule has 1 aliphatic heterocycles. The normalized spacial score (nSPS) is 21.5. The fourth-order valence-electron chi connectivity index (χ4n) is 2.19. The highest BCUT2D eigenvalue weighted by atomic mass is 16.5. The van der Waals surface area contributed by atoms with Gasteiger partial charge in [0, 0.05) is 25.6 Å². The first kappa shape index (κ1) is 15.0. The van der Waals surface area contributed by atoms with E-state index in [0.717, 1.165) is 5.56 Å². The fraction of sp³-hybridized carbons (Fsp3) is 0.533. The number of carbonyl (C=O) groups excluding carboxylic acids is 1. The van der Waals surface area contributed by atoms with E-state index in [1.165, 1.54) is 0 Å². The van der Waals surface area contributed by atoms with E-state index >= 15 is 0 Å². The van der Waals surface area contributed by atoms with Crippen molar-refractivity contribution in [3.63, 3.8) is 0 Å². The minimum Gasteiger partial charge on any atom is -0.389 e. The van der Waals surface area contributed by atoms with Gasteiger partial charge in [0.25, 0.3) is 0 Å². The molecule has 0 spiro atoms. The number of nitrogens with one attached hydrogen (secondary N) is 2. The lowest BCUT2D eigenvalue weighted by molar-refractivity contribution is -0.119. The highest BCUT2D eigenvalue weighted by molar-refractivity contribution is 5.78. The van der Waals surface area contributed by atoms with Gasteiger partial charge in [-0.05, 0) is 12.5 Å². The number of hydrogen-bond acceptors (Lipinski definition) is 4. The molecule has 1 amide bonds. The third-order valence-corrected chi connectivity index (χ3v) is 3.43. The van der Waals surface area contributed by atoms with Crippen LogP contribution >= 0.6 is 0 Å². The second-order valence-corrected chi connectivity index (χ2v) is 5.15. The van der Waals surface area contributed by atoms with Crippen molar-refractivity contribution in [1.29, 1.82) is 0 Å². The lowest BCUT2D eigenvalue weighted by atomic mass is 10.1. The van der Waals surface area contributed by atoms with E-state index in [2.05, 4.69) is 10.6 Å². The number of rotatable bonds is 7. The van der Waals surface area contributed by atoms with Crippen molar-refractivity contribution in [2.75, 3.05) is 19.7 Å². The monoisotopic (exact) mass is 278 g/mol. The van der Waals surface area contributed by atoms with Gasteiger partial charge in [0.2, 0.25) is 5.91 Å². The molecule has 0 aliphatic carbocycles. The van der Waals surface area contributed by atoms with Gasteiger partial charge >= 0.3 is 0 Å². The summed E-state index contributed by atoms with van der Waals surface area (Å²) < 4.78 is 5.65. The Morgan fingerprint density at radius 3 is 2.85 bits per heavy atom. The topological polar surface area (TPSA) is 70.6 Å². The van der Waals surface area contributed by atoms with E-state index in [4.69, 9.17) is 4.74 Å². The Hall–Kier alpha value is -1.43. The molecule has 0 bridgehead atoms. The van der Waals surface area contributed by atoms with Gasteiger partial charge in [-0.1, -0.05) is 30.3 Å². The number of aliphatic hydroxyl groups is 1. The molecule has 110 valence electrons. The van der Waals surface area contributed by atoms with Crippen LogP contribution in [-0.2, 0) is 9.53 Å². The molecule has 1 aliphatic rings. The Balaban J connectivity index is 1.64. The third kappa shape index (κ3) is 4.59. The number of benzene rings is 1. The van der Waals surface area contributed by atoms with Crippen molar-refractivity contribution >= 4 is 5.91 Å². The van der Waals surface area contributed by atoms with Crippen molar-refractivity contribution in [1.82, 2.24) is 10.6 Å².